The minimum Gasteiger partial charge on any atom is -0.450 e. The largest absolute Gasteiger partial charge is 0.450 e. The lowest BCUT2D eigenvalue weighted by Crippen LogP contribution is -2.52. The van der Waals surface area contributed by atoms with Crippen molar-refractivity contribution in [3.63, 3.8) is 0 Å². The lowest BCUT2D eigenvalue weighted by atomic mass is 10.1. The summed E-state index contributed by atoms with van der Waals surface area (Å²) >= 11 is 0. The summed E-state index contributed by atoms with van der Waals surface area (Å²) in [4.78, 5) is 41.2. The maximum atomic E-state index is 13.4. The Balaban J connectivity index is 1.59. The molecule has 1 unspecified atom stereocenters. The van der Waals surface area contributed by atoms with Crippen molar-refractivity contribution in [3.05, 3.63) is 29.8 Å². The number of ether oxygens (including phenoxy) is 1. The number of carbonyl (C=O) groups excluding carboxylic acids is 3. The molecule has 2 saturated heterocycles. The van der Waals surface area contributed by atoms with Crippen molar-refractivity contribution >= 4 is 23.6 Å². The van der Waals surface area contributed by atoms with Crippen molar-refractivity contribution in [1.82, 2.24) is 9.80 Å². The minimum atomic E-state index is -1.04. The van der Waals surface area contributed by atoms with E-state index >= 15 is 0 Å². The summed E-state index contributed by atoms with van der Waals surface area (Å²) in [6.45, 7) is 3.63. The van der Waals surface area contributed by atoms with Gasteiger partial charge in [-0.05, 0) is 19.1 Å². The van der Waals surface area contributed by atoms with Crippen LogP contribution >= 0.6 is 0 Å². The third-order valence-electron chi connectivity index (χ3n) is 4.81. The first-order valence-corrected chi connectivity index (χ1v) is 8.86. The molecule has 0 aliphatic carbocycles. The quantitative estimate of drug-likeness (QED) is 0.798. The Bertz CT molecular complexity index is 750. The molecular weight excluding hydrogens is 360 g/mol. The fraction of sp³-hybridized carbons (Fsp3) is 0.500. The van der Waals surface area contributed by atoms with Crippen molar-refractivity contribution in [2.24, 2.45) is 5.92 Å². The van der Waals surface area contributed by atoms with Crippen LogP contribution in [0.2, 0.25) is 0 Å². The number of piperazine rings is 1. The summed E-state index contributed by atoms with van der Waals surface area (Å²) in [5.41, 5.74) is 0.237. The third-order valence-corrected chi connectivity index (χ3v) is 4.81. The summed E-state index contributed by atoms with van der Waals surface area (Å²) < 4.78 is 31.5. The molecule has 2 fully saturated rings. The Labute approximate surface area is 155 Å². The van der Waals surface area contributed by atoms with Crippen LogP contribution in [0.1, 0.15) is 13.3 Å². The van der Waals surface area contributed by atoms with Gasteiger partial charge in [0.25, 0.3) is 0 Å². The van der Waals surface area contributed by atoms with Gasteiger partial charge in [0.2, 0.25) is 11.8 Å². The Morgan fingerprint density at radius 2 is 1.78 bits per heavy atom. The fourth-order valence-corrected chi connectivity index (χ4v) is 3.36. The van der Waals surface area contributed by atoms with Gasteiger partial charge >= 0.3 is 6.09 Å². The molecular formula is C18H21F2N3O4. The molecule has 0 bridgehead atoms. The Morgan fingerprint density at radius 3 is 2.41 bits per heavy atom. The highest BCUT2D eigenvalue weighted by Gasteiger charge is 2.38. The van der Waals surface area contributed by atoms with Gasteiger partial charge in [-0.1, -0.05) is 0 Å². The molecule has 2 heterocycles. The summed E-state index contributed by atoms with van der Waals surface area (Å²) in [5, 5.41) is 0. The maximum absolute atomic E-state index is 13.4. The SMILES string of the molecule is CCOC(=O)N1CCN(C(=O)C2CC(=O)N(c3ccc(F)c(F)c3)C2)CC1. The second-order valence-corrected chi connectivity index (χ2v) is 6.52. The molecule has 3 amide bonds. The predicted molar refractivity (Wildman–Crippen MR) is 92.0 cm³/mol. The second kappa shape index (κ2) is 7.89. The maximum Gasteiger partial charge on any atom is 0.409 e. The smallest absolute Gasteiger partial charge is 0.409 e. The van der Waals surface area contributed by atoms with Crippen LogP contribution in [0.15, 0.2) is 18.2 Å². The number of halogens is 2. The van der Waals surface area contributed by atoms with Gasteiger partial charge < -0.3 is 19.4 Å². The Morgan fingerprint density at radius 1 is 1.11 bits per heavy atom. The number of nitrogens with zero attached hydrogens (tertiary/aromatic N) is 3. The second-order valence-electron chi connectivity index (χ2n) is 6.52. The van der Waals surface area contributed by atoms with Crippen molar-refractivity contribution in [3.8, 4) is 0 Å². The zero-order chi connectivity index (χ0) is 19.6. The van der Waals surface area contributed by atoms with Gasteiger partial charge in [0, 0.05) is 50.9 Å². The molecule has 7 nitrogen and oxygen atoms in total. The molecule has 27 heavy (non-hydrogen) atoms. The monoisotopic (exact) mass is 381 g/mol. The molecule has 1 atom stereocenters. The Hall–Kier alpha value is -2.71. The van der Waals surface area contributed by atoms with Gasteiger partial charge in [0.05, 0.1) is 12.5 Å². The zero-order valence-corrected chi connectivity index (χ0v) is 15.0. The lowest BCUT2D eigenvalue weighted by molar-refractivity contribution is -0.137. The first-order chi connectivity index (χ1) is 12.9. The number of anilines is 1. The van der Waals surface area contributed by atoms with E-state index < -0.39 is 23.6 Å². The average molecular weight is 381 g/mol. The number of carbonyl (C=O) groups is 3. The van der Waals surface area contributed by atoms with E-state index in [0.717, 1.165) is 12.1 Å². The number of rotatable bonds is 3. The topological polar surface area (TPSA) is 70.2 Å². The molecule has 0 spiro atoms. The van der Waals surface area contributed by atoms with Crippen LogP contribution in [0.4, 0.5) is 19.3 Å². The summed E-state index contributed by atoms with van der Waals surface area (Å²) in [6, 6.07) is 3.24. The lowest BCUT2D eigenvalue weighted by Gasteiger charge is -2.35. The molecule has 0 saturated carbocycles. The normalized spacial score (nSPS) is 20.2. The molecule has 0 N–H and O–H groups in total. The van der Waals surface area contributed by atoms with E-state index in [2.05, 4.69) is 0 Å². The Kier molecular flexibility index (Phi) is 5.57. The molecule has 146 valence electrons. The number of hydrogen-bond donors (Lipinski definition) is 0. The van der Waals surface area contributed by atoms with Crippen LogP contribution in [-0.2, 0) is 14.3 Å². The predicted octanol–water partition coefficient (Wildman–Crippen LogP) is 1.62. The highest BCUT2D eigenvalue weighted by molar-refractivity contribution is 6.00. The van der Waals surface area contributed by atoms with Gasteiger partial charge in [-0.2, -0.15) is 0 Å². The van der Waals surface area contributed by atoms with E-state index in [1.54, 1.807) is 16.7 Å². The molecule has 2 aliphatic rings. The molecule has 0 radical (unpaired) electrons. The van der Waals surface area contributed by atoms with Crippen LogP contribution in [0.5, 0.6) is 0 Å². The number of amides is 3. The molecule has 2 aliphatic heterocycles. The van der Waals surface area contributed by atoms with Gasteiger partial charge in [-0.15, -0.1) is 0 Å². The van der Waals surface area contributed by atoms with Gasteiger partial charge in [-0.25, -0.2) is 13.6 Å². The van der Waals surface area contributed by atoms with Crippen LogP contribution in [0.3, 0.4) is 0 Å². The first kappa shape index (κ1) is 19.1. The number of benzene rings is 1. The van der Waals surface area contributed by atoms with Crippen molar-refractivity contribution in [1.29, 1.82) is 0 Å². The van der Waals surface area contributed by atoms with E-state index in [9.17, 15) is 23.2 Å². The fourth-order valence-electron chi connectivity index (χ4n) is 3.36. The van der Waals surface area contributed by atoms with Crippen molar-refractivity contribution in [2.45, 2.75) is 13.3 Å². The summed E-state index contributed by atoms with van der Waals surface area (Å²) in [5.74, 6) is -3.04. The summed E-state index contributed by atoms with van der Waals surface area (Å²) in [6.07, 6.45) is -0.374. The van der Waals surface area contributed by atoms with Crippen LogP contribution in [0.25, 0.3) is 0 Å². The van der Waals surface area contributed by atoms with Gasteiger partial charge in [-0.3, -0.25) is 9.59 Å². The number of hydrogen-bond acceptors (Lipinski definition) is 4. The highest BCUT2D eigenvalue weighted by atomic mass is 19.2. The van der Waals surface area contributed by atoms with Crippen LogP contribution < -0.4 is 4.90 Å². The molecule has 9 heteroatoms. The highest BCUT2D eigenvalue weighted by Crippen LogP contribution is 2.27. The third kappa shape index (κ3) is 4.01. The van der Waals surface area contributed by atoms with Crippen molar-refractivity contribution < 1.29 is 27.9 Å². The average Bonchev–Trinajstić information content (AvgIpc) is 3.05. The van der Waals surface area contributed by atoms with E-state index in [0.29, 0.717) is 32.8 Å². The summed E-state index contributed by atoms with van der Waals surface area (Å²) in [7, 11) is 0. The van der Waals surface area contributed by atoms with Crippen LogP contribution in [-0.4, -0.2) is 67.0 Å². The molecule has 1 aromatic carbocycles. The standard InChI is InChI=1S/C18H21F2N3O4/c1-2-27-18(26)22-7-5-21(6-8-22)17(25)12-9-16(24)23(11-12)13-3-4-14(19)15(20)10-13/h3-4,10,12H,2,5-9,11H2,1H3. The van der Waals surface area contributed by atoms with Gasteiger partial charge in [0.1, 0.15) is 0 Å². The van der Waals surface area contributed by atoms with Crippen molar-refractivity contribution in [2.75, 3.05) is 44.2 Å². The molecule has 1 aromatic rings. The molecule has 3 rings (SSSR count). The van der Waals surface area contributed by atoms with E-state index in [1.807, 2.05) is 0 Å². The zero-order valence-electron chi connectivity index (χ0n) is 15.0. The van der Waals surface area contributed by atoms with E-state index in [-0.39, 0.29) is 30.5 Å². The van der Waals surface area contributed by atoms with Gasteiger partial charge in [0.15, 0.2) is 11.6 Å². The van der Waals surface area contributed by atoms with E-state index in [1.165, 1.54) is 11.0 Å². The minimum absolute atomic E-state index is 0.0237. The molecule has 0 aromatic heterocycles. The first-order valence-electron chi connectivity index (χ1n) is 8.86. The van der Waals surface area contributed by atoms with E-state index in [4.69, 9.17) is 4.74 Å². The van der Waals surface area contributed by atoms with Crippen LogP contribution in [0, 0.1) is 17.6 Å².